The van der Waals surface area contributed by atoms with Gasteiger partial charge in [-0.15, -0.1) is 0 Å². The van der Waals surface area contributed by atoms with Crippen molar-refractivity contribution in [3.8, 4) is 6.07 Å². The summed E-state index contributed by atoms with van der Waals surface area (Å²) in [6.07, 6.45) is 1.34. The highest BCUT2D eigenvalue weighted by Crippen LogP contribution is 2.17. The quantitative estimate of drug-likeness (QED) is 0.764. The van der Waals surface area contributed by atoms with Gasteiger partial charge in [-0.3, -0.25) is 4.79 Å². The van der Waals surface area contributed by atoms with E-state index in [2.05, 4.69) is 6.07 Å². The van der Waals surface area contributed by atoms with Crippen LogP contribution in [0.1, 0.15) is 24.0 Å². The van der Waals surface area contributed by atoms with Gasteiger partial charge in [0.15, 0.2) is 0 Å². The van der Waals surface area contributed by atoms with E-state index in [1.165, 1.54) is 0 Å². The summed E-state index contributed by atoms with van der Waals surface area (Å²) in [5.41, 5.74) is 2.04. The maximum Gasteiger partial charge on any atom is 0.223 e. The van der Waals surface area contributed by atoms with Gasteiger partial charge in [-0.25, -0.2) is 0 Å². The maximum absolute atomic E-state index is 12.5. The van der Waals surface area contributed by atoms with E-state index in [0.717, 1.165) is 11.1 Å². The van der Waals surface area contributed by atoms with Gasteiger partial charge in [0.25, 0.3) is 0 Å². The van der Waals surface area contributed by atoms with E-state index >= 15 is 0 Å². The third-order valence-electron chi connectivity index (χ3n) is 3.63. The van der Waals surface area contributed by atoms with Gasteiger partial charge in [0, 0.05) is 24.5 Å². The molecule has 2 rings (SSSR count). The molecule has 0 saturated heterocycles. The lowest BCUT2D eigenvalue weighted by molar-refractivity contribution is -0.131. The molecule has 0 aromatic heterocycles. The summed E-state index contributed by atoms with van der Waals surface area (Å²) in [5.74, 6) is 0.0454. The molecule has 0 unspecified atom stereocenters. The van der Waals surface area contributed by atoms with Crippen LogP contribution in [-0.2, 0) is 17.8 Å². The zero-order valence-electron chi connectivity index (χ0n) is 12.9. The highest BCUT2D eigenvalue weighted by atomic mass is 35.5. The molecule has 0 aliphatic rings. The van der Waals surface area contributed by atoms with E-state index in [1.807, 2.05) is 54.6 Å². The lowest BCUT2D eigenvalue weighted by Gasteiger charge is -2.22. The van der Waals surface area contributed by atoms with Gasteiger partial charge in [0.1, 0.15) is 0 Å². The molecule has 0 saturated carbocycles. The lowest BCUT2D eigenvalue weighted by atomic mass is 10.1. The standard InChI is InChI=1S/C19H19ClN2O/c20-18-10-5-4-9-17(18)11-12-19(23)22(14-6-13-21)15-16-7-2-1-3-8-16/h1-5,7-10H,6,11-12,14-15H2. The highest BCUT2D eigenvalue weighted by Gasteiger charge is 2.14. The predicted molar refractivity (Wildman–Crippen MR) is 91.9 cm³/mol. The number of nitriles is 1. The smallest absolute Gasteiger partial charge is 0.223 e. The molecule has 2 aromatic rings. The van der Waals surface area contributed by atoms with Crippen molar-refractivity contribution in [2.24, 2.45) is 0 Å². The fourth-order valence-corrected chi connectivity index (χ4v) is 2.61. The van der Waals surface area contributed by atoms with E-state index in [9.17, 15) is 4.79 Å². The molecule has 0 bridgehead atoms. The number of halogens is 1. The molecular weight excluding hydrogens is 308 g/mol. The average Bonchev–Trinajstić information content (AvgIpc) is 2.58. The second-order valence-corrected chi connectivity index (χ2v) is 5.71. The van der Waals surface area contributed by atoms with E-state index < -0.39 is 0 Å². The first-order chi connectivity index (χ1) is 11.2. The van der Waals surface area contributed by atoms with Crippen molar-refractivity contribution in [2.45, 2.75) is 25.8 Å². The monoisotopic (exact) mass is 326 g/mol. The Morgan fingerprint density at radius 3 is 2.48 bits per heavy atom. The normalized spacial score (nSPS) is 10.1. The van der Waals surface area contributed by atoms with Gasteiger partial charge in [-0.05, 0) is 23.6 Å². The number of benzene rings is 2. The molecule has 0 atom stereocenters. The van der Waals surface area contributed by atoms with E-state index in [0.29, 0.717) is 37.4 Å². The van der Waals surface area contributed by atoms with Crippen LogP contribution in [0.5, 0.6) is 0 Å². The molecule has 23 heavy (non-hydrogen) atoms. The van der Waals surface area contributed by atoms with Crippen LogP contribution in [0.2, 0.25) is 5.02 Å². The van der Waals surface area contributed by atoms with Crippen LogP contribution in [0.3, 0.4) is 0 Å². The van der Waals surface area contributed by atoms with Crippen molar-refractivity contribution in [1.29, 1.82) is 5.26 Å². The molecule has 1 amide bonds. The van der Waals surface area contributed by atoms with Gasteiger partial charge < -0.3 is 4.90 Å². The van der Waals surface area contributed by atoms with Crippen molar-refractivity contribution >= 4 is 17.5 Å². The molecule has 0 spiro atoms. The summed E-state index contributed by atoms with van der Waals surface area (Å²) in [7, 11) is 0. The van der Waals surface area contributed by atoms with E-state index in [-0.39, 0.29) is 5.91 Å². The van der Waals surface area contributed by atoms with Crippen molar-refractivity contribution < 1.29 is 4.79 Å². The average molecular weight is 327 g/mol. The summed E-state index contributed by atoms with van der Waals surface area (Å²) >= 11 is 6.13. The second-order valence-electron chi connectivity index (χ2n) is 5.30. The zero-order valence-corrected chi connectivity index (χ0v) is 13.7. The minimum absolute atomic E-state index is 0.0454. The van der Waals surface area contributed by atoms with Crippen LogP contribution in [0, 0.1) is 11.3 Å². The number of hydrogen-bond acceptors (Lipinski definition) is 2. The van der Waals surface area contributed by atoms with Gasteiger partial charge in [-0.2, -0.15) is 5.26 Å². The first-order valence-corrected chi connectivity index (χ1v) is 8.00. The van der Waals surface area contributed by atoms with Gasteiger partial charge in [-0.1, -0.05) is 60.1 Å². The summed E-state index contributed by atoms with van der Waals surface area (Å²) < 4.78 is 0. The van der Waals surface area contributed by atoms with Crippen LogP contribution < -0.4 is 0 Å². The Labute approximate surface area is 142 Å². The SMILES string of the molecule is N#CCCN(Cc1ccccc1)C(=O)CCc1ccccc1Cl. The second kappa shape index (κ2) is 8.97. The number of carbonyl (C=O) groups is 1. The Kier molecular flexibility index (Phi) is 6.65. The molecule has 4 heteroatoms. The highest BCUT2D eigenvalue weighted by molar-refractivity contribution is 6.31. The molecule has 118 valence electrons. The summed E-state index contributed by atoms with van der Waals surface area (Å²) in [5, 5.41) is 9.49. The Morgan fingerprint density at radius 1 is 1.09 bits per heavy atom. The Hall–Kier alpha value is -2.31. The molecule has 0 N–H and O–H groups in total. The molecular formula is C19H19ClN2O. The van der Waals surface area contributed by atoms with Crippen LogP contribution in [-0.4, -0.2) is 17.4 Å². The summed E-state index contributed by atoms with van der Waals surface area (Å²) in [6, 6.07) is 19.5. The number of amides is 1. The number of rotatable bonds is 7. The third kappa shape index (κ3) is 5.43. The predicted octanol–water partition coefficient (Wildman–Crippen LogP) is 4.22. The minimum Gasteiger partial charge on any atom is -0.337 e. The summed E-state index contributed by atoms with van der Waals surface area (Å²) in [4.78, 5) is 14.3. The molecule has 0 fully saturated rings. The number of aryl methyl sites for hydroxylation is 1. The fraction of sp³-hybridized carbons (Fsp3) is 0.263. The number of hydrogen-bond donors (Lipinski definition) is 0. The fourth-order valence-electron chi connectivity index (χ4n) is 2.38. The minimum atomic E-state index is 0.0454. The molecule has 0 aliphatic heterocycles. The van der Waals surface area contributed by atoms with Crippen molar-refractivity contribution in [3.05, 3.63) is 70.7 Å². The first kappa shape index (κ1) is 17.1. The Balaban J connectivity index is 1.99. The topological polar surface area (TPSA) is 44.1 Å². The number of nitrogens with zero attached hydrogens (tertiary/aromatic N) is 2. The lowest BCUT2D eigenvalue weighted by Crippen LogP contribution is -2.31. The van der Waals surface area contributed by atoms with Crippen LogP contribution in [0.4, 0.5) is 0 Å². The van der Waals surface area contributed by atoms with Crippen LogP contribution in [0.25, 0.3) is 0 Å². The van der Waals surface area contributed by atoms with Gasteiger partial charge in [0.2, 0.25) is 5.91 Å². The third-order valence-corrected chi connectivity index (χ3v) is 4.00. The van der Waals surface area contributed by atoms with Crippen molar-refractivity contribution in [1.82, 2.24) is 4.90 Å². The van der Waals surface area contributed by atoms with Gasteiger partial charge >= 0.3 is 0 Å². The van der Waals surface area contributed by atoms with Gasteiger partial charge in [0.05, 0.1) is 12.5 Å². The van der Waals surface area contributed by atoms with Crippen molar-refractivity contribution in [2.75, 3.05) is 6.54 Å². The molecule has 3 nitrogen and oxygen atoms in total. The largest absolute Gasteiger partial charge is 0.337 e. The molecule has 0 heterocycles. The molecule has 0 aliphatic carbocycles. The molecule has 2 aromatic carbocycles. The Bertz CT molecular complexity index is 679. The Morgan fingerprint density at radius 2 is 1.78 bits per heavy atom. The van der Waals surface area contributed by atoms with Crippen LogP contribution in [0.15, 0.2) is 54.6 Å². The first-order valence-electron chi connectivity index (χ1n) is 7.63. The van der Waals surface area contributed by atoms with E-state index in [4.69, 9.17) is 16.9 Å². The maximum atomic E-state index is 12.5. The van der Waals surface area contributed by atoms with E-state index in [1.54, 1.807) is 4.90 Å². The zero-order chi connectivity index (χ0) is 16.5. The van der Waals surface area contributed by atoms with Crippen molar-refractivity contribution in [3.63, 3.8) is 0 Å². The molecule has 0 radical (unpaired) electrons. The van der Waals surface area contributed by atoms with Crippen LogP contribution >= 0.6 is 11.6 Å². The number of carbonyl (C=O) groups excluding carboxylic acids is 1. The summed E-state index contributed by atoms with van der Waals surface area (Å²) in [6.45, 7) is 0.983.